The lowest BCUT2D eigenvalue weighted by Crippen LogP contribution is -2.03. The summed E-state index contributed by atoms with van der Waals surface area (Å²) in [6.07, 6.45) is 3.06. The number of nitrogens with two attached hydrogens (primary N) is 1. The summed E-state index contributed by atoms with van der Waals surface area (Å²) in [6, 6.07) is 2.13. The molecule has 0 aromatic carbocycles. The monoisotopic (exact) mass is 138 g/mol. The maximum atomic E-state index is 5.43. The molecule has 56 valence electrons. The Bertz CT molecular complexity index is 213. The first-order chi connectivity index (χ1) is 4.75. The first-order valence-electron chi connectivity index (χ1n) is 3.56. The maximum absolute atomic E-state index is 5.43. The fraction of sp³-hybridized carbons (Fsp3) is 0.500. The van der Waals surface area contributed by atoms with E-state index >= 15 is 0 Å². The van der Waals surface area contributed by atoms with Gasteiger partial charge in [-0.15, -0.1) is 0 Å². The molecule has 2 N–H and O–H groups in total. The number of hydrogen-bond acceptors (Lipinski definition) is 1. The minimum Gasteiger partial charge on any atom is -0.354 e. The quantitative estimate of drug-likeness (QED) is 0.645. The molecule has 0 aliphatic carbocycles. The van der Waals surface area contributed by atoms with E-state index in [1.165, 1.54) is 11.3 Å². The van der Waals surface area contributed by atoms with Crippen molar-refractivity contribution < 1.29 is 0 Å². The minimum absolute atomic E-state index is 0.741. The molecule has 1 heterocycles. The Hall–Kier alpha value is -0.760. The van der Waals surface area contributed by atoms with Crippen LogP contribution in [-0.4, -0.2) is 11.1 Å². The van der Waals surface area contributed by atoms with E-state index in [-0.39, 0.29) is 0 Å². The van der Waals surface area contributed by atoms with E-state index in [0.717, 1.165) is 13.0 Å². The van der Waals surface area contributed by atoms with Crippen LogP contribution in [0.4, 0.5) is 0 Å². The molecule has 2 nitrogen and oxygen atoms in total. The molecule has 0 radical (unpaired) electrons. The van der Waals surface area contributed by atoms with E-state index in [9.17, 15) is 0 Å². The van der Waals surface area contributed by atoms with Crippen LogP contribution in [0, 0.1) is 6.92 Å². The SMILES string of the molecule is Cc1c(CCN)ccn1C. The highest BCUT2D eigenvalue weighted by Gasteiger charge is 1.98. The lowest BCUT2D eigenvalue weighted by molar-refractivity contribution is 0.859. The van der Waals surface area contributed by atoms with Crippen molar-refractivity contribution in [1.29, 1.82) is 0 Å². The molecule has 0 saturated heterocycles. The predicted octanol–water partition coefficient (Wildman–Crippen LogP) is 0.835. The van der Waals surface area contributed by atoms with Crippen LogP contribution in [0.2, 0.25) is 0 Å². The second kappa shape index (κ2) is 2.88. The molecular weight excluding hydrogens is 124 g/mol. The van der Waals surface area contributed by atoms with Crippen LogP contribution >= 0.6 is 0 Å². The summed E-state index contributed by atoms with van der Waals surface area (Å²) in [4.78, 5) is 0. The standard InChI is InChI=1S/C8H14N2/c1-7-8(3-5-9)4-6-10(7)2/h4,6H,3,5,9H2,1-2H3. The molecule has 1 aromatic heterocycles. The van der Waals surface area contributed by atoms with Crippen molar-refractivity contribution in [2.75, 3.05) is 6.54 Å². The molecule has 10 heavy (non-hydrogen) atoms. The highest BCUT2D eigenvalue weighted by atomic mass is 14.9. The molecule has 0 aliphatic heterocycles. The second-order valence-corrected chi connectivity index (χ2v) is 2.58. The van der Waals surface area contributed by atoms with Gasteiger partial charge in [-0.1, -0.05) is 0 Å². The van der Waals surface area contributed by atoms with Gasteiger partial charge in [0.1, 0.15) is 0 Å². The van der Waals surface area contributed by atoms with Gasteiger partial charge in [-0.3, -0.25) is 0 Å². The van der Waals surface area contributed by atoms with E-state index in [1.54, 1.807) is 0 Å². The Morgan fingerprint density at radius 1 is 1.60 bits per heavy atom. The number of aromatic nitrogens is 1. The summed E-state index contributed by atoms with van der Waals surface area (Å²) in [5.41, 5.74) is 8.12. The third-order valence-electron chi connectivity index (χ3n) is 1.91. The molecule has 0 fully saturated rings. The van der Waals surface area contributed by atoms with Crippen molar-refractivity contribution in [3.8, 4) is 0 Å². The molecule has 0 atom stereocenters. The van der Waals surface area contributed by atoms with E-state index in [1.807, 2.05) is 0 Å². The van der Waals surface area contributed by atoms with E-state index in [0.29, 0.717) is 0 Å². The third-order valence-corrected chi connectivity index (χ3v) is 1.91. The number of aryl methyl sites for hydroxylation is 1. The Kier molecular flexibility index (Phi) is 2.12. The smallest absolute Gasteiger partial charge is 0.0173 e. The normalized spacial score (nSPS) is 10.3. The highest BCUT2D eigenvalue weighted by molar-refractivity contribution is 5.20. The Morgan fingerprint density at radius 3 is 2.70 bits per heavy atom. The number of hydrogen-bond donors (Lipinski definition) is 1. The van der Waals surface area contributed by atoms with Crippen molar-refractivity contribution in [3.63, 3.8) is 0 Å². The summed E-state index contributed by atoms with van der Waals surface area (Å²) >= 11 is 0. The average molecular weight is 138 g/mol. The van der Waals surface area contributed by atoms with E-state index < -0.39 is 0 Å². The topological polar surface area (TPSA) is 30.9 Å². The van der Waals surface area contributed by atoms with Gasteiger partial charge in [-0.25, -0.2) is 0 Å². The largest absolute Gasteiger partial charge is 0.354 e. The van der Waals surface area contributed by atoms with Gasteiger partial charge in [0, 0.05) is 18.9 Å². The molecule has 0 spiro atoms. The molecule has 0 unspecified atom stereocenters. The predicted molar refractivity (Wildman–Crippen MR) is 42.9 cm³/mol. The van der Waals surface area contributed by atoms with Gasteiger partial charge in [-0.2, -0.15) is 0 Å². The molecule has 1 aromatic rings. The second-order valence-electron chi connectivity index (χ2n) is 2.58. The summed E-state index contributed by atoms with van der Waals surface area (Å²) in [6.45, 7) is 2.86. The summed E-state index contributed by atoms with van der Waals surface area (Å²) < 4.78 is 2.12. The fourth-order valence-corrected chi connectivity index (χ4v) is 1.08. The number of rotatable bonds is 2. The van der Waals surface area contributed by atoms with Gasteiger partial charge in [0.15, 0.2) is 0 Å². The zero-order valence-corrected chi connectivity index (χ0v) is 6.59. The fourth-order valence-electron chi connectivity index (χ4n) is 1.08. The van der Waals surface area contributed by atoms with Crippen molar-refractivity contribution in [2.24, 2.45) is 12.8 Å². The van der Waals surface area contributed by atoms with Crippen LogP contribution in [0.5, 0.6) is 0 Å². The van der Waals surface area contributed by atoms with Gasteiger partial charge in [0.2, 0.25) is 0 Å². The van der Waals surface area contributed by atoms with Crippen molar-refractivity contribution >= 4 is 0 Å². The molecular formula is C8H14N2. The summed E-state index contributed by atoms with van der Waals surface area (Å²) in [7, 11) is 2.05. The summed E-state index contributed by atoms with van der Waals surface area (Å²) in [5.74, 6) is 0. The van der Waals surface area contributed by atoms with Crippen LogP contribution in [0.15, 0.2) is 12.3 Å². The molecule has 0 amide bonds. The maximum Gasteiger partial charge on any atom is 0.0173 e. The van der Waals surface area contributed by atoms with Gasteiger partial charge in [-0.05, 0) is 31.5 Å². The molecule has 0 saturated carbocycles. The molecule has 1 rings (SSSR count). The highest BCUT2D eigenvalue weighted by Crippen LogP contribution is 2.07. The van der Waals surface area contributed by atoms with E-state index in [2.05, 4.69) is 30.8 Å². The zero-order valence-electron chi connectivity index (χ0n) is 6.59. The molecule has 0 bridgehead atoms. The zero-order chi connectivity index (χ0) is 7.56. The Labute approximate surface area is 61.7 Å². The van der Waals surface area contributed by atoms with Crippen molar-refractivity contribution in [1.82, 2.24) is 4.57 Å². The van der Waals surface area contributed by atoms with Gasteiger partial charge in [0.25, 0.3) is 0 Å². The average Bonchev–Trinajstić information content (AvgIpc) is 2.20. The summed E-state index contributed by atoms with van der Waals surface area (Å²) in [5, 5.41) is 0. The lowest BCUT2D eigenvalue weighted by Gasteiger charge is -1.98. The van der Waals surface area contributed by atoms with Crippen LogP contribution < -0.4 is 5.73 Å². The van der Waals surface area contributed by atoms with Gasteiger partial charge in [0.05, 0.1) is 0 Å². The van der Waals surface area contributed by atoms with Crippen molar-refractivity contribution in [2.45, 2.75) is 13.3 Å². The van der Waals surface area contributed by atoms with Crippen molar-refractivity contribution in [3.05, 3.63) is 23.5 Å². The van der Waals surface area contributed by atoms with Gasteiger partial charge >= 0.3 is 0 Å². The van der Waals surface area contributed by atoms with Gasteiger partial charge < -0.3 is 10.3 Å². The first kappa shape index (κ1) is 7.35. The van der Waals surface area contributed by atoms with Crippen LogP contribution in [0.3, 0.4) is 0 Å². The minimum atomic E-state index is 0.741. The molecule has 0 aliphatic rings. The molecule has 2 heteroatoms. The lowest BCUT2D eigenvalue weighted by atomic mass is 10.2. The first-order valence-corrected chi connectivity index (χ1v) is 3.56. The number of nitrogens with zero attached hydrogens (tertiary/aromatic N) is 1. The van der Waals surface area contributed by atoms with E-state index in [4.69, 9.17) is 5.73 Å². The van der Waals surface area contributed by atoms with Crippen LogP contribution in [0.1, 0.15) is 11.3 Å². The Balaban J connectivity index is 2.83. The van der Waals surface area contributed by atoms with Crippen LogP contribution in [-0.2, 0) is 13.5 Å². The third kappa shape index (κ3) is 1.21. The van der Waals surface area contributed by atoms with Crippen LogP contribution in [0.25, 0.3) is 0 Å². The Morgan fingerprint density at radius 2 is 2.30 bits per heavy atom.